The van der Waals surface area contributed by atoms with Gasteiger partial charge in [-0.05, 0) is 13.3 Å². The number of rotatable bonds is 4. The smallest absolute Gasteiger partial charge is 0.137 e. The number of aromatic nitrogens is 1. The Bertz CT molecular complexity index is 479. The van der Waals surface area contributed by atoms with Gasteiger partial charge in [0.25, 0.3) is 0 Å². The van der Waals surface area contributed by atoms with Crippen molar-refractivity contribution < 1.29 is 9.63 Å². The van der Waals surface area contributed by atoms with Crippen LogP contribution in [0.2, 0.25) is 0 Å². The Labute approximate surface area is 100 Å². The number of nitrogens with zero attached hydrogens (tertiary/aromatic N) is 1. The van der Waals surface area contributed by atoms with Crippen molar-refractivity contribution in [2.75, 3.05) is 6.61 Å². The summed E-state index contributed by atoms with van der Waals surface area (Å²) in [6.45, 7) is 1.82. The third-order valence-corrected chi connectivity index (χ3v) is 2.73. The molecule has 90 valence electrons. The van der Waals surface area contributed by atoms with E-state index in [2.05, 4.69) is 5.16 Å². The van der Waals surface area contributed by atoms with E-state index in [4.69, 9.17) is 15.4 Å². The Balaban J connectivity index is 2.36. The fourth-order valence-electron chi connectivity index (χ4n) is 1.78. The van der Waals surface area contributed by atoms with Gasteiger partial charge in [0.15, 0.2) is 0 Å². The Morgan fingerprint density at radius 2 is 2.06 bits per heavy atom. The topological polar surface area (TPSA) is 72.3 Å². The first-order chi connectivity index (χ1) is 8.22. The van der Waals surface area contributed by atoms with Crippen molar-refractivity contribution >= 4 is 0 Å². The summed E-state index contributed by atoms with van der Waals surface area (Å²) >= 11 is 0. The van der Waals surface area contributed by atoms with Gasteiger partial charge < -0.3 is 15.4 Å². The van der Waals surface area contributed by atoms with Gasteiger partial charge >= 0.3 is 0 Å². The zero-order valence-electron chi connectivity index (χ0n) is 9.76. The number of benzene rings is 1. The number of hydrogen-bond donors (Lipinski definition) is 2. The standard InChI is InChI=1S/C13H16N2O2/c1-9-12(7-11(14)8-16)13(15-17-9)10-5-3-2-4-6-10/h2-6,11,16H,7-8,14H2,1H3. The summed E-state index contributed by atoms with van der Waals surface area (Å²) in [6.07, 6.45) is 0.566. The highest BCUT2D eigenvalue weighted by Crippen LogP contribution is 2.25. The summed E-state index contributed by atoms with van der Waals surface area (Å²) < 4.78 is 5.21. The average Bonchev–Trinajstić information content (AvgIpc) is 2.72. The van der Waals surface area contributed by atoms with Crippen LogP contribution in [0, 0.1) is 6.92 Å². The third-order valence-electron chi connectivity index (χ3n) is 2.73. The highest BCUT2D eigenvalue weighted by atomic mass is 16.5. The van der Waals surface area contributed by atoms with Crippen LogP contribution in [-0.2, 0) is 6.42 Å². The maximum atomic E-state index is 9.01. The van der Waals surface area contributed by atoms with Crippen LogP contribution in [0.5, 0.6) is 0 Å². The first-order valence-electron chi connectivity index (χ1n) is 5.59. The van der Waals surface area contributed by atoms with E-state index in [-0.39, 0.29) is 12.6 Å². The molecule has 1 aromatic carbocycles. The molecule has 17 heavy (non-hydrogen) atoms. The van der Waals surface area contributed by atoms with Crippen LogP contribution in [0.25, 0.3) is 11.3 Å². The van der Waals surface area contributed by atoms with Gasteiger partial charge in [-0.3, -0.25) is 0 Å². The quantitative estimate of drug-likeness (QED) is 0.838. The molecule has 0 saturated heterocycles. The van der Waals surface area contributed by atoms with Gasteiger partial charge in [-0.1, -0.05) is 35.5 Å². The number of aliphatic hydroxyl groups is 1. The Kier molecular flexibility index (Phi) is 3.56. The maximum Gasteiger partial charge on any atom is 0.137 e. The SMILES string of the molecule is Cc1onc(-c2ccccc2)c1CC(N)CO. The molecule has 2 aromatic rings. The molecular formula is C13H16N2O2. The van der Waals surface area contributed by atoms with Crippen LogP contribution in [-0.4, -0.2) is 22.9 Å². The summed E-state index contributed by atoms with van der Waals surface area (Å²) in [5.74, 6) is 0.757. The third kappa shape index (κ3) is 2.54. The second-order valence-corrected chi connectivity index (χ2v) is 4.08. The number of aliphatic hydroxyl groups excluding tert-OH is 1. The van der Waals surface area contributed by atoms with Gasteiger partial charge in [0.05, 0.1) is 6.61 Å². The number of aryl methyl sites for hydroxylation is 1. The molecule has 0 aliphatic carbocycles. The monoisotopic (exact) mass is 232 g/mol. The van der Waals surface area contributed by atoms with E-state index in [0.29, 0.717) is 6.42 Å². The van der Waals surface area contributed by atoms with Crippen LogP contribution in [0.4, 0.5) is 0 Å². The van der Waals surface area contributed by atoms with Crippen molar-refractivity contribution in [3.8, 4) is 11.3 Å². The molecular weight excluding hydrogens is 216 g/mol. The van der Waals surface area contributed by atoms with E-state index >= 15 is 0 Å². The van der Waals surface area contributed by atoms with Gasteiger partial charge in [0.1, 0.15) is 11.5 Å². The Morgan fingerprint density at radius 3 is 2.71 bits per heavy atom. The van der Waals surface area contributed by atoms with E-state index in [1.807, 2.05) is 37.3 Å². The lowest BCUT2D eigenvalue weighted by Crippen LogP contribution is -2.27. The van der Waals surface area contributed by atoms with Crippen LogP contribution in [0.3, 0.4) is 0 Å². The van der Waals surface area contributed by atoms with Gasteiger partial charge in [-0.25, -0.2) is 0 Å². The summed E-state index contributed by atoms with van der Waals surface area (Å²) in [5, 5.41) is 13.1. The van der Waals surface area contributed by atoms with E-state index < -0.39 is 0 Å². The lowest BCUT2D eigenvalue weighted by Gasteiger charge is -2.08. The molecule has 4 heteroatoms. The molecule has 1 unspecified atom stereocenters. The molecule has 0 bridgehead atoms. The first-order valence-corrected chi connectivity index (χ1v) is 5.59. The highest BCUT2D eigenvalue weighted by Gasteiger charge is 2.16. The predicted octanol–water partition coefficient (Wildman–Crippen LogP) is 1.51. The van der Waals surface area contributed by atoms with Gasteiger partial charge in [0.2, 0.25) is 0 Å². The van der Waals surface area contributed by atoms with Crippen LogP contribution in [0.15, 0.2) is 34.9 Å². The molecule has 1 aromatic heterocycles. The molecule has 0 saturated carbocycles. The summed E-state index contributed by atoms with van der Waals surface area (Å²) in [6, 6.07) is 9.53. The molecule has 0 spiro atoms. The highest BCUT2D eigenvalue weighted by molar-refractivity contribution is 5.63. The lowest BCUT2D eigenvalue weighted by atomic mass is 10.0. The molecule has 4 nitrogen and oxygen atoms in total. The fourth-order valence-corrected chi connectivity index (χ4v) is 1.78. The molecule has 0 aliphatic heterocycles. The Hall–Kier alpha value is -1.65. The van der Waals surface area contributed by atoms with Crippen LogP contribution < -0.4 is 5.73 Å². The van der Waals surface area contributed by atoms with Crippen molar-refractivity contribution in [1.82, 2.24) is 5.16 Å². The molecule has 2 rings (SSSR count). The minimum atomic E-state index is -0.282. The van der Waals surface area contributed by atoms with E-state index in [1.165, 1.54) is 0 Å². The van der Waals surface area contributed by atoms with Crippen LogP contribution in [0.1, 0.15) is 11.3 Å². The van der Waals surface area contributed by atoms with Crippen molar-refractivity contribution in [2.45, 2.75) is 19.4 Å². The maximum absolute atomic E-state index is 9.01. The molecule has 0 aliphatic rings. The van der Waals surface area contributed by atoms with Crippen molar-refractivity contribution in [2.24, 2.45) is 5.73 Å². The normalized spacial score (nSPS) is 12.6. The van der Waals surface area contributed by atoms with E-state index in [0.717, 1.165) is 22.6 Å². The minimum absolute atomic E-state index is 0.0428. The molecule has 3 N–H and O–H groups in total. The zero-order chi connectivity index (χ0) is 12.3. The summed E-state index contributed by atoms with van der Waals surface area (Å²) in [7, 11) is 0. The van der Waals surface area contributed by atoms with Crippen molar-refractivity contribution in [3.63, 3.8) is 0 Å². The lowest BCUT2D eigenvalue weighted by molar-refractivity contribution is 0.265. The van der Waals surface area contributed by atoms with Gasteiger partial charge in [-0.15, -0.1) is 0 Å². The fraction of sp³-hybridized carbons (Fsp3) is 0.308. The van der Waals surface area contributed by atoms with Crippen molar-refractivity contribution in [1.29, 1.82) is 0 Å². The first kappa shape index (κ1) is 11.8. The van der Waals surface area contributed by atoms with Gasteiger partial charge in [-0.2, -0.15) is 0 Å². The number of nitrogens with two attached hydrogens (primary N) is 1. The number of hydrogen-bond acceptors (Lipinski definition) is 4. The second-order valence-electron chi connectivity index (χ2n) is 4.08. The Morgan fingerprint density at radius 1 is 1.35 bits per heavy atom. The van der Waals surface area contributed by atoms with E-state index in [9.17, 15) is 0 Å². The van der Waals surface area contributed by atoms with Crippen LogP contribution >= 0.6 is 0 Å². The van der Waals surface area contributed by atoms with E-state index in [1.54, 1.807) is 0 Å². The minimum Gasteiger partial charge on any atom is -0.395 e. The van der Waals surface area contributed by atoms with Gasteiger partial charge in [0, 0.05) is 17.2 Å². The molecule has 1 atom stereocenters. The molecule has 0 radical (unpaired) electrons. The molecule has 1 heterocycles. The van der Waals surface area contributed by atoms with Crippen molar-refractivity contribution in [3.05, 3.63) is 41.7 Å². The summed E-state index contributed by atoms with van der Waals surface area (Å²) in [5.41, 5.74) is 8.55. The average molecular weight is 232 g/mol. The molecule has 0 fully saturated rings. The summed E-state index contributed by atoms with van der Waals surface area (Å²) in [4.78, 5) is 0. The largest absolute Gasteiger partial charge is 0.395 e. The second kappa shape index (κ2) is 5.12. The predicted molar refractivity (Wildman–Crippen MR) is 65.4 cm³/mol. The zero-order valence-corrected chi connectivity index (χ0v) is 9.76. The molecule has 0 amide bonds.